The number of aryl methyl sites for hydroxylation is 1. The number of pyridine rings is 1. The van der Waals surface area contributed by atoms with Gasteiger partial charge in [-0.05, 0) is 51.3 Å². The summed E-state index contributed by atoms with van der Waals surface area (Å²) in [6.07, 6.45) is 2.54. The van der Waals surface area contributed by atoms with Crippen molar-refractivity contribution < 1.29 is 0 Å². The number of hydrogen-bond acceptors (Lipinski definition) is 3. The molecule has 1 saturated heterocycles. The molecule has 3 nitrogen and oxygen atoms in total. The molecule has 0 aromatic carbocycles. The molecule has 0 aliphatic carbocycles. The van der Waals surface area contributed by atoms with E-state index < -0.39 is 0 Å². The van der Waals surface area contributed by atoms with Gasteiger partial charge in [0.25, 0.3) is 0 Å². The summed E-state index contributed by atoms with van der Waals surface area (Å²) in [4.78, 5) is 7.05. The Hall–Kier alpha value is -0.930. The van der Waals surface area contributed by atoms with E-state index in [1.807, 2.05) is 13.0 Å². The van der Waals surface area contributed by atoms with Gasteiger partial charge in [0.05, 0.1) is 5.69 Å². The molecule has 2 atom stereocenters. The van der Waals surface area contributed by atoms with Gasteiger partial charge in [0.1, 0.15) is 0 Å². The summed E-state index contributed by atoms with van der Waals surface area (Å²) >= 11 is 0. The highest BCUT2D eigenvalue weighted by atomic mass is 15.1. The maximum Gasteiger partial charge on any atom is 0.0547 e. The zero-order valence-corrected chi connectivity index (χ0v) is 10.9. The van der Waals surface area contributed by atoms with Gasteiger partial charge in [0.15, 0.2) is 0 Å². The van der Waals surface area contributed by atoms with Crippen molar-refractivity contribution in [1.82, 2.24) is 9.88 Å². The minimum absolute atomic E-state index is 0.309. The summed E-state index contributed by atoms with van der Waals surface area (Å²) in [5, 5.41) is 0. The largest absolute Gasteiger partial charge is 0.328 e. The van der Waals surface area contributed by atoms with E-state index in [1.54, 1.807) is 0 Å². The van der Waals surface area contributed by atoms with E-state index in [1.165, 1.54) is 25.1 Å². The van der Waals surface area contributed by atoms with Gasteiger partial charge in [-0.25, -0.2) is 0 Å². The number of rotatable bonds is 3. The van der Waals surface area contributed by atoms with Crippen LogP contribution in [0, 0.1) is 12.8 Å². The Morgan fingerprint density at radius 3 is 3.06 bits per heavy atom. The Morgan fingerprint density at radius 2 is 2.35 bits per heavy atom. The van der Waals surface area contributed by atoms with Crippen molar-refractivity contribution in [3.05, 3.63) is 29.6 Å². The summed E-state index contributed by atoms with van der Waals surface area (Å²) < 4.78 is 0. The number of nitrogens with zero attached hydrogens (tertiary/aromatic N) is 2. The van der Waals surface area contributed by atoms with E-state index in [2.05, 4.69) is 28.9 Å². The lowest BCUT2D eigenvalue weighted by Crippen LogP contribution is -2.42. The first-order valence-electron chi connectivity index (χ1n) is 6.55. The molecular formula is C14H23N3. The van der Waals surface area contributed by atoms with Gasteiger partial charge in [-0.1, -0.05) is 6.07 Å². The third-order valence-corrected chi connectivity index (χ3v) is 3.62. The van der Waals surface area contributed by atoms with Gasteiger partial charge >= 0.3 is 0 Å². The van der Waals surface area contributed by atoms with Crippen molar-refractivity contribution in [2.75, 3.05) is 13.1 Å². The summed E-state index contributed by atoms with van der Waals surface area (Å²) in [6, 6.07) is 6.56. The normalized spacial score (nSPS) is 23.6. The highest BCUT2D eigenvalue weighted by Gasteiger charge is 2.22. The van der Waals surface area contributed by atoms with Crippen LogP contribution in [0.3, 0.4) is 0 Å². The molecule has 1 aromatic rings. The van der Waals surface area contributed by atoms with Crippen LogP contribution in [-0.4, -0.2) is 29.0 Å². The second-order valence-electron chi connectivity index (χ2n) is 5.27. The topological polar surface area (TPSA) is 42.1 Å². The van der Waals surface area contributed by atoms with Gasteiger partial charge in [-0.3, -0.25) is 9.88 Å². The summed E-state index contributed by atoms with van der Waals surface area (Å²) in [5.74, 6) is 0.647. The molecule has 2 rings (SSSR count). The van der Waals surface area contributed by atoms with Crippen LogP contribution in [0.2, 0.25) is 0 Å². The standard InChI is InChI=1S/C14H23N3/c1-11-5-3-7-14(16-11)10-17-8-4-6-13(9-17)12(2)15/h3,5,7,12-13H,4,6,8-10,15H2,1-2H3. The zero-order chi connectivity index (χ0) is 12.3. The van der Waals surface area contributed by atoms with Crippen LogP contribution in [-0.2, 0) is 6.54 Å². The van der Waals surface area contributed by atoms with E-state index in [0.717, 1.165) is 18.8 Å². The highest BCUT2D eigenvalue weighted by molar-refractivity contribution is 5.09. The summed E-state index contributed by atoms with van der Waals surface area (Å²) in [5.41, 5.74) is 8.28. The highest BCUT2D eigenvalue weighted by Crippen LogP contribution is 2.20. The van der Waals surface area contributed by atoms with Gasteiger partial charge in [-0.15, -0.1) is 0 Å². The van der Waals surface area contributed by atoms with Crippen molar-refractivity contribution in [3.8, 4) is 0 Å². The summed E-state index contributed by atoms with van der Waals surface area (Å²) in [6.45, 7) is 7.43. The predicted octanol–water partition coefficient (Wildman–Crippen LogP) is 1.95. The molecule has 1 aliphatic rings. The Balaban J connectivity index is 1.94. The first-order valence-corrected chi connectivity index (χ1v) is 6.55. The molecule has 94 valence electrons. The number of hydrogen-bond donors (Lipinski definition) is 1. The number of piperidine rings is 1. The Kier molecular flexibility index (Phi) is 4.13. The monoisotopic (exact) mass is 233 g/mol. The van der Waals surface area contributed by atoms with Crippen LogP contribution < -0.4 is 5.73 Å². The molecule has 2 N–H and O–H groups in total. The quantitative estimate of drug-likeness (QED) is 0.867. The first-order chi connectivity index (χ1) is 8.15. The van der Waals surface area contributed by atoms with E-state index >= 15 is 0 Å². The minimum Gasteiger partial charge on any atom is -0.328 e. The third-order valence-electron chi connectivity index (χ3n) is 3.62. The third kappa shape index (κ3) is 3.51. The van der Waals surface area contributed by atoms with Crippen LogP contribution in [0.15, 0.2) is 18.2 Å². The number of likely N-dealkylation sites (tertiary alicyclic amines) is 1. The fourth-order valence-electron chi connectivity index (χ4n) is 2.58. The maximum absolute atomic E-state index is 6.00. The van der Waals surface area contributed by atoms with Crippen molar-refractivity contribution in [2.24, 2.45) is 11.7 Å². The van der Waals surface area contributed by atoms with Crippen LogP contribution in [0.4, 0.5) is 0 Å². The number of nitrogens with two attached hydrogens (primary N) is 1. The van der Waals surface area contributed by atoms with Crippen LogP contribution >= 0.6 is 0 Å². The Labute approximate surface area is 104 Å². The fraction of sp³-hybridized carbons (Fsp3) is 0.643. The lowest BCUT2D eigenvalue weighted by atomic mass is 9.92. The van der Waals surface area contributed by atoms with Gasteiger partial charge < -0.3 is 5.73 Å². The van der Waals surface area contributed by atoms with Crippen LogP contribution in [0.25, 0.3) is 0 Å². The van der Waals surface area contributed by atoms with Gasteiger partial charge in [0.2, 0.25) is 0 Å². The lowest BCUT2D eigenvalue weighted by molar-refractivity contribution is 0.153. The molecule has 1 aliphatic heterocycles. The van der Waals surface area contributed by atoms with Crippen molar-refractivity contribution in [3.63, 3.8) is 0 Å². The van der Waals surface area contributed by atoms with Crippen molar-refractivity contribution >= 4 is 0 Å². The minimum atomic E-state index is 0.309. The average molecular weight is 233 g/mol. The second-order valence-corrected chi connectivity index (χ2v) is 5.27. The lowest BCUT2D eigenvalue weighted by Gasteiger charge is -2.34. The van der Waals surface area contributed by atoms with E-state index in [0.29, 0.717) is 12.0 Å². The zero-order valence-electron chi connectivity index (χ0n) is 10.9. The second kappa shape index (κ2) is 5.61. The molecule has 0 saturated carbocycles. The SMILES string of the molecule is Cc1cccc(CN2CCCC(C(C)N)C2)n1. The molecule has 0 bridgehead atoms. The number of aromatic nitrogens is 1. The smallest absolute Gasteiger partial charge is 0.0547 e. The molecule has 0 radical (unpaired) electrons. The molecule has 17 heavy (non-hydrogen) atoms. The fourth-order valence-corrected chi connectivity index (χ4v) is 2.58. The van der Waals surface area contributed by atoms with E-state index in [4.69, 9.17) is 5.73 Å². The molecule has 1 aromatic heterocycles. The first kappa shape index (κ1) is 12.5. The molecule has 2 heterocycles. The Bertz CT molecular complexity index is 362. The van der Waals surface area contributed by atoms with Crippen LogP contribution in [0.5, 0.6) is 0 Å². The van der Waals surface area contributed by atoms with Crippen molar-refractivity contribution in [2.45, 2.75) is 39.3 Å². The van der Waals surface area contributed by atoms with E-state index in [9.17, 15) is 0 Å². The molecular weight excluding hydrogens is 210 g/mol. The molecule has 0 spiro atoms. The average Bonchev–Trinajstić information content (AvgIpc) is 2.29. The molecule has 3 heteroatoms. The Morgan fingerprint density at radius 1 is 1.53 bits per heavy atom. The molecule has 0 amide bonds. The maximum atomic E-state index is 6.00. The van der Waals surface area contributed by atoms with Gasteiger partial charge in [-0.2, -0.15) is 0 Å². The summed E-state index contributed by atoms with van der Waals surface area (Å²) in [7, 11) is 0. The van der Waals surface area contributed by atoms with Crippen molar-refractivity contribution in [1.29, 1.82) is 0 Å². The predicted molar refractivity (Wildman–Crippen MR) is 70.6 cm³/mol. The van der Waals surface area contributed by atoms with Crippen LogP contribution in [0.1, 0.15) is 31.2 Å². The molecule has 2 unspecified atom stereocenters. The van der Waals surface area contributed by atoms with Gasteiger partial charge in [0, 0.05) is 24.8 Å². The molecule has 1 fully saturated rings. The van der Waals surface area contributed by atoms with E-state index in [-0.39, 0.29) is 0 Å².